The van der Waals surface area contributed by atoms with Gasteiger partial charge in [0.1, 0.15) is 11.0 Å². The number of carbonyl (C=O) groups excluding carboxylic acids is 1. The molecule has 1 aromatic rings. The zero-order valence-electron chi connectivity index (χ0n) is 7.96. The first-order valence-corrected chi connectivity index (χ1v) is 5.82. The largest absolute Gasteiger partial charge is 0.355 e. The van der Waals surface area contributed by atoms with Crippen molar-refractivity contribution >= 4 is 37.8 Å². The third kappa shape index (κ3) is 3.13. The van der Waals surface area contributed by atoms with Crippen molar-refractivity contribution < 1.29 is 4.79 Å². The van der Waals surface area contributed by atoms with Crippen molar-refractivity contribution in [3.05, 3.63) is 25.5 Å². The van der Waals surface area contributed by atoms with E-state index < -0.39 is 0 Å². The van der Waals surface area contributed by atoms with Crippen LogP contribution >= 0.6 is 31.9 Å². The molecule has 0 unspecified atom stereocenters. The Kier molecular flexibility index (Phi) is 4.46. The number of likely N-dealkylation sites (N-methyl/N-ethyl adjacent to an activating group) is 1. The molecule has 0 atom stereocenters. The summed E-state index contributed by atoms with van der Waals surface area (Å²) in [7, 11) is 0. The molecular formula is C8H9Br2N3O2. The molecule has 7 heteroatoms. The Morgan fingerprint density at radius 1 is 1.60 bits per heavy atom. The molecule has 0 saturated heterocycles. The summed E-state index contributed by atoms with van der Waals surface area (Å²) in [5, 5.41) is 6.42. The highest BCUT2D eigenvalue weighted by molar-refractivity contribution is 9.13. The third-order valence-electron chi connectivity index (χ3n) is 1.61. The molecule has 5 nitrogen and oxygen atoms in total. The van der Waals surface area contributed by atoms with Crippen molar-refractivity contribution in [1.29, 1.82) is 0 Å². The van der Waals surface area contributed by atoms with E-state index in [-0.39, 0.29) is 18.0 Å². The smallest absolute Gasteiger partial charge is 0.282 e. The highest BCUT2D eigenvalue weighted by atomic mass is 79.9. The fourth-order valence-electron chi connectivity index (χ4n) is 0.947. The van der Waals surface area contributed by atoms with Crippen LogP contribution in [0.15, 0.2) is 19.9 Å². The van der Waals surface area contributed by atoms with Crippen molar-refractivity contribution in [1.82, 2.24) is 15.1 Å². The van der Waals surface area contributed by atoms with E-state index in [4.69, 9.17) is 0 Å². The lowest BCUT2D eigenvalue weighted by molar-refractivity contribution is -0.121. The molecule has 1 amide bonds. The SMILES string of the molecule is CCNC(=O)Cn1ncc(Br)c(Br)c1=O. The lowest BCUT2D eigenvalue weighted by Gasteiger charge is -2.05. The molecule has 0 aromatic carbocycles. The second kappa shape index (κ2) is 5.41. The predicted octanol–water partition coefficient (Wildman–Crippen LogP) is 0.904. The molecule has 0 aliphatic heterocycles. The monoisotopic (exact) mass is 337 g/mol. The molecule has 0 spiro atoms. The van der Waals surface area contributed by atoms with Crippen LogP contribution in [0, 0.1) is 0 Å². The van der Waals surface area contributed by atoms with Crippen LogP contribution in [0.5, 0.6) is 0 Å². The normalized spacial score (nSPS) is 10.1. The number of nitrogens with one attached hydrogen (secondary N) is 1. The number of amides is 1. The van der Waals surface area contributed by atoms with Crippen LogP contribution in [0.4, 0.5) is 0 Å². The van der Waals surface area contributed by atoms with Gasteiger partial charge < -0.3 is 5.32 Å². The van der Waals surface area contributed by atoms with E-state index in [1.165, 1.54) is 6.20 Å². The first kappa shape index (κ1) is 12.4. The van der Waals surface area contributed by atoms with Gasteiger partial charge in [0.15, 0.2) is 0 Å². The van der Waals surface area contributed by atoms with Crippen molar-refractivity contribution in [2.75, 3.05) is 6.54 Å². The number of hydrogen-bond donors (Lipinski definition) is 1. The van der Waals surface area contributed by atoms with Gasteiger partial charge in [-0.05, 0) is 38.8 Å². The highest BCUT2D eigenvalue weighted by Gasteiger charge is 2.09. The zero-order chi connectivity index (χ0) is 11.4. The van der Waals surface area contributed by atoms with Crippen LogP contribution in [0.1, 0.15) is 6.92 Å². The fraction of sp³-hybridized carbons (Fsp3) is 0.375. The van der Waals surface area contributed by atoms with E-state index >= 15 is 0 Å². The number of hydrogen-bond acceptors (Lipinski definition) is 3. The Hall–Kier alpha value is -0.690. The summed E-state index contributed by atoms with van der Waals surface area (Å²) in [4.78, 5) is 22.8. The van der Waals surface area contributed by atoms with Gasteiger partial charge in [-0.15, -0.1) is 0 Å². The molecule has 15 heavy (non-hydrogen) atoms. The van der Waals surface area contributed by atoms with Gasteiger partial charge in [-0.25, -0.2) is 4.68 Å². The first-order chi connectivity index (χ1) is 7.06. The summed E-state index contributed by atoms with van der Waals surface area (Å²) < 4.78 is 2.03. The van der Waals surface area contributed by atoms with Crippen LogP contribution in [0.2, 0.25) is 0 Å². The lowest BCUT2D eigenvalue weighted by Crippen LogP contribution is -2.33. The predicted molar refractivity (Wildman–Crippen MR) is 62.6 cm³/mol. The minimum Gasteiger partial charge on any atom is -0.355 e. The summed E-state index contributed by atoms with van der Waals surface area (Å²) in [5.41, 5.74) is -0.337. The zero-order valence-corrected chi connectivity index (χ0v) is 11.1. The fourth-order valence-corrected chi connectivity index (χ4v) is 1.51. The van der Waals surface area contributed by atoms with Gasteiger partial charge in [-0.3, -0.25) is 9.59 Å². The van der Waals surface area contributed by atoms with Crippen LogP contribution in [0.25, 0.3) is 0 Å². The van der Waals surface area contributed by atoms with Gasteiger partial charge in [0, 0.05) is 6.54 Å². The van der Waals surface area contributed by atoms with Crippen molar-refractivity contribution in [3.8, 4) is 0 Å². The maximum atomic E-state index is 11.6. The molecule has 1 heterocycles. The van der Waals surface area contributed by atoms with Crippen LogP contribution in [0.3, 0.4) is 0 Å². The topological polar surface area (TPSA) is 64.0 Å². The van der Waals surface area contributed by atoms with E-state index in [0.29, 0.717) is 15.5 Å². The second-order valence-corrected chi connectivity index (χ2v) is 4.37. The molecule has 1 rings (SSSR count). The Morgan fingerprint density at radius 2 is 2.27 bits per heavy atom. The molecule has 0 aliphatic carbocycles. The van der Waals surface area contributed by atoms with Gasteiger partial charge >= 0.3 is 0 Å². The third-order valence-corrected chi connectivity index (χ3v) is 3.51. The highest BCUT2D eigenvalue weighted by Crippen LogP contribution is 2.16. The van der Waals surface area contributed by atoms with Gasteiger partial charge in [-0.2, -0.15) is 5.10 Å². The lowest BCUT2D eigenvalue weighted by atomic mass is 10.5. The number of rotatable bonds is 3. The van der Waals surface area contributed by atoms with E-state index in [1.807, 2.05) is 6.92 Å². The first-order valence-electron chi connectivity index (χ1n) is 4.24. The molecule has 0 radical (unpaired) electrons. The van der Waals surface area contributed by atoms with Crippen molar-refractivity contribution in [3.63, 3.8) is 0 Å². The molecule has 0 fully saturated rings. The minimum absolute atomic E-state index is 0.0709. The van der Waals surface area contributed by atoms with E-state index in [9.17, 15) is 9.59 Å². The Labute approximate surface area is 103 Å². The summed E-state index contributed by atoms with van der Waals surface area (Å²) in [6.07, 6.45) is 1.46. The van der Waals surface area contributed by atoms with Gasteiger partial charge in [0.2, 0.25) is 5.91 Å². The average molecular weight is 339 g/mol. The Bertz CT molecular complexity index is 430. The Balaban J connectivity index is 2.92. The molecule has 1 aromatic heterocycles. The van der Waals surface area contributed by atoms with Crippen LogP contribution in [-0.2, 0) is 11.3 Å². The summed E-state index contributed by atoms with van der Waals surface area (Å²) in [6, 6.07) is 0. The number of aromatic nitrogens is 2. The number of carbonyl (C=O) groups is 1. The maximum Gasteiger partial charge on any atom is 0.282 e. The van der Waals surface area contributed by atoms with Gasteiger partial charge in [0.25, 0.3) is 5.56 Å². The Morgan fingerprint density at radius 3 is 2.87 bits per heavy atom. The molecule has 0 saturated carbocycles. The van der Waals surface area contributed by atoms with E-state index in [1.54, 1.807) is 0 Å². The van der Waals surface area contributed by atoms with E-state index in [0.717, 1.165) is 4.68 Å². The molecule has 0 bridgehead atoms. The molecule has 1 N–H and O–H groups in total. The summed E-state index contributed by atoms with van der Waals surface area (Å²) in [5.74, 6) is -0.235. The molecule has 82 valence electrons. The van der Waals surface area contributed by atoms with E-state index in [2.05, 4.69) is 42.3 Å². The van der Waals surface area contributed by atoms with Gasteiger partial charge in [-0.1, -0.05) is 0 Å². The van der Waals surface area contributed by atoms with Crippen LogP contribution < -0.4 is 10.9 Å². The number of halogens is 2. The second-order valence-electron chi connectivity index (χ2n) is 2.72. The molecular weight excluding hydrogens is 330 g/mol. The van der Waals surface area contributed by atoms with Crippen molar-refractivity contribution in [2.45, 2.75) is 13.5 Å². The number of nitrogens with zero attached hydrogens (tertiary/aromatic N) is 2. The average Bonchev–Trinajstić information content (AvgIpc) is 2.20. The van der Waals surface area contributed by atoms with Crippen molar-refractivity contribution in [2.24, 2.45) is 0 Å². The summed E-state index contributed by atoms with van der Waals surface area (Å²) >= 11 is 6.26. The molecule has 0 aliphatic rings. The summed E-state index contributed by atoms with van der Waals surface area (Å²) in [6.45, 7) is 2.27. The maximum absolute atomic E-state index is 11.6. The standard InChI is InChI=1S/C8H9Br2N3O2/c1-2-11-6(14)4-13-8(15)7(10)5(9)3-12-13/h3H,2,4H2,1H3,(H,11,14). The van der Waals surface area contributed by atoms with Gasteiger partial charge in [0.05, 0.1) is 10.7 Å². The minimum atomic E-state index is -0.337. The quantitative estimate of drug-likeness (QED) is 0.890. The van der Waals surface area contributed by atoms with Crippen LogP contribution in [-0.4, -0.2) is 22.2 Å².